The molecule has 0 radical (unpaired) electrons. The average molecular weight is 470 g/mol. The van der Waals surface area contributed by atoms with Gasteiger partial charge in [-0.2, -0.15) is 0 Å². The zero-order valence-corrected chi connectivity index (χ0v) is 20.3. The van der Waals surface area contributed by atoms with Crippen LogP contribution < -0.4 is 15.4 Å². The van der Waals surface area contributed by atoms with E-state index in [0.717, 1.165) is 73.2 Å². The Hall–Kier alpha value is -2.53. The molecule has 9 nitrogen and oxygen atoms in total. The zero-order valence-electron chi connectivity index (χ0n) is 19.5. The molecule has 2 saturated heterocycles. The van der Waals surface area contributed by atoms with E-state index < -0.39 is 0 Å². The lowest BCUT2D eigenvalue weighted by Crippen LogP contribution is -2.43. The van der Waals surface area contributed by atoms with Crippen LogP contribution in [0.2, 0.25) is 0 Å². The van der Waals surface area contributed by atoms with Crippen molar-refractivity contribution >= 4 is 33.2 Å². The van der Waals surface area contributed by atoms with Gasteiger partial charge in [-0.3, -0.25) is 4.90 Å². The number of anilines is 2. The first kappa shape index (κ1) is 22.3. The molecule has 2 N–H and O–H groups in total. The third kappa shape index (κ3) is 4.48. The minimum Gasteiger partial charge on any atom is -0.480 e. The number of thiophene rings is 1. The fourth-order valence-electron chi connectivity index (χ4n) is 4.41. The molecule has 5 heterocycles. The number of fused-ring (bicyclic) bond motifs is 1. The molecule has 0 bridgehead atoms. The molecule has 0 unspecified atom stereocenters. The van der Waals surface area contributed by atoms with E-state index in [1.807, 2.05) is 6.07 Å². The molecule has 5 rings (SSSR count). The first-order valence-corrected chi connectivity index (χ1v) is 12.2. The van der Waals surface area contributed by atoms with E-state index in [2.05, 4.69) is 33.7 Å². The van der Waals surface area contributed by atoms with Crippen molar-refractivity contribution < 1.29 is 9.47 Å². The minimum absolute atomic E-state index is 0.426. The SMILES string of the molecule is COc1ncc(-c2nc(N3CCOCC3)nc3c(CN4CCN(C)CC4)c(C)sc23)cc1N. The number of methoxy groups -OCH3 is 1. The second-order valence-corrected chi connectivity index (χ2v) is 9.91. The minimum atomic E-state index is 0.426. The number of nitrogen functional groups attached to an aromatic ring is 1. The second-order valence-electron chi connectivity index (χ2n) is 8.69. The quantitative estimate of drug-likeness (QED) is 0.604. The van der Waals surface area contributed by atoms with Gasteiger partial charge < -0.3 is 25.0 Å². The fraction of sp³-hybridized carbons (Fsp3) is 0.522. The Balaban J connectivity index is 1.61. The van der Waals surface area contributed by atoms with Crippen molar-refractivity contribution in [1.29, 1.82) is 0 Å². The van der Waals surface area contributed by atoms with Gasteiger partial charge in [0.25, 0.3) is 0 Å². The number of aryl methyl sites for hydroxylation is 1. The summed E-state index contributed by atoms with van der Waals surface area (Å²) >= 11 is 1.76. The number of likely N-dealkylation sites (N-methyl/N-ethyl adjacent to an activating group) is 1. The number of pyridine rings is 1. The van der Waals surface area contributed by atoms with Crippen molar-refractivity contribution in [3.05, 3.63) is 22.7 Å². The summed E-state index contributed by atoms with van der Waals surface area (Å²) in [6.45, 7) is 10.4. The maximum Gasteiger partial charge on any atom is 0.236 e. The number of aromatic nitrogens is 3. The summed E-state index contributed by atoms with van der Waals surface area (Å²) in [5.74, 6) is 1.17. The molecule has 0 aliphatic carbocycles. The number of hydrogen-bond acceptors (Lipinski definition) is 10. The Morgan fingerprint density at radius 1 is 1.12 bits per heavy atom. The van der Waals surface area contributed by atoms with Crippen LogP contribution in [0.15, 0.2) is 12.3 Å². The van der Waals surface area contributed by atoms with Crippen molar-refractivity contribution in [3.63, 3.8) is 0 Å². The van der Waals surface area contributed by atoms with E-state index >= 15 is 0 Å². The molecule has 3 aromatic rings. The summed E-state index contributed by atoms with van der Waals surface area (Å²) in [4.78, 5) is 22.9. The summed E-state index contributed by atoms with van der Waals surface area (Å²) in [6, 6.07) is 1.89. The van der Waals surface area contributed by atoms with E-state index in [9.17, 15) is 0 Å². The maximum absolute atomic E-state index is 6.20. The Morgan fingerprint density at radius 2 is 1.88 bits per heavy atom. The van der Waals surface area contributed by atoms with Gasteiger partial charge in [0.05, 0.1) is 41.9 Å². The van der Waals surface area contributed by atoms with Gasteiger partial charge in [-0.1, -0.05) is 0 Å². The van der Waals surface area contributed by atoms with E-state index in [1.54, 1.807) is 24.6 Å². The van der Waals surface area contributed by atoms with Crippen LogP contribution in [0.5, 0.6) is 5.88 Å². The van der Waals surface area contributed by atoms with Crippen LogP contribution in [0.3, 0.4) is 0 Å². The van der Waals surface area contributed by atoms with E-state index in [4.69, 9.17) is 25.2 Å². The van der Waals surface area contributed by atoms with Crippen LogP contribution in [0.25, 0.3) is 21.5 Å². The summed E-state index contributed by atoms with van der Waals surface area (Å²) in [5, 5.41) is 0. The number of nitrogens with zero attached hydrogens (tertiary/aromatic N) is 6. The van der Waals surface area contributed by atoms with Crippen molar-refractivity contribution in [1.82, 2.24) is 24.8 Å². The van der Waals surface area contributed by atoms with Crippen LogP contribution in [0.1, 0.15) is 10.4 Å². The number of rotatable bonds is 5. The Morgan fingerprint density at radius 3 is 2.58 bits per heavy atom. The lowest BCUT2D eigenvalue weighted by atomic mass is 10.1. The smallest absolute Gasteiger partial charge is 0.236 e. The zero-order chi connectivity index (χ0) is 22.9. The molecule has 0 atom stereocenters. The summed E-state index contributed by atoms with van der Waals surface area (Å²) < 4.78 is 11.9. The third-order valence-corrected chi connectivity index (χ3v) is 7.58. The standard InChI is InChI=1S/C23H31N7O2S/c1-15-17(14-29-6-4-28(2)5-7-29)20-21(33-15)19(16-12-18(24)22(31-3)25-13-16)26-23(27-20)30-8-10-32-11-9-30/h12-13H,4-11,14,24H2,1-3H3. The van der Waals surface area contributed by atoms with E-state index in [0.29, 0.717) is 24.8 Å². The predicted molar refractivity (Wildman–Crippen MR) is 132 cm³/mol. The third-order valence-electron chi connectivity index (χ3n) is 6.44. The lowest BCUT2D eigenvalue weighted by Gasteiger charge is -2.32. The molecule has 2 fully saturated rings. The molecule has 0 spiro atoms. The summed E-state index contributed by atoms with van der Waals surface area (Å²) in [5.41, 5.74) is 10.8. The molecule has 10 heteroatoms. The number of ether oxygens (including phenoxy) is 2. The van der Waals surface area contributed by atoms with Gasteiger partial charge in [0.1, 0.15) is 0 Å². The van der Waals surface area contributed by atoms with E-state index in [1.165, 1.54) is 10.4 Å². The van der Waals surface area contributed by atoms with Gasteiger partial charge in [0.2, 0.25) is 11.8 Å². The summed E-state index contributed by atoms with van der Waals surface area (Å²) in [6.07, 6.45) is 1.79. The molecule has 33 heavy (non-hydrogen) atoms. The topological polar surface area (TPSA) is 92.9 Å². The highest BCUT2D eigenvalue weighted by molar-refractivity contribution is 7.19. The van der Waals surface area contributed by atoms with Gasteiger partial charge >= 0.3 is 0 Å². The first-order valence-electron chi connectivity index (χ1n) is 11.4. The highest BCUT2D eigenvalue weighted by Gasteiger charge is 2.24. The summed E-state index contributed by atoms with van der Waals surface area (Å²) in [7, 11) is 3.76. The van der Waals surface area contributed by atoms with Gasteiger partial charge in [-0.05, 0) is 20.0 Å². The molecular formula is C23H31N7O2S. The van der Waals surface area contributed by atoms with Gasteiger partial charge in [0, 0.05) is 68.0 Å². The van der Waals surface area contributed by atoms with Crippen molar-refractivity contribution in [2.24, 2.45) is 0 Å². The number of hydrogen-bond donors (Lipinski definition) is 1. The normalized spacial score (nSPS) is 18.2. The largest absolute Gasteiger partial charge is 0.480 e. The Bertz CT molecular complexity index is 1140. The Labute approximate surface area is 198 Å². The highest BCUT2D eigenvalue weighted by atomic mass is 32.1. The van der Waals surface area contributed by atoms with Gasteiger partial charge in [0.15, 0.2) is 0 Å². The monoisotopic (exact) mass is 469 g/mol. The average Bonchev–Trinajstić information content (AvgIpc) is 3.15. The van der Waals surface area contributed by atoms with E-state index in [-0.39, 0.29) is 0 Å². The lowest BCUT2D eigenvalue weighted by molar-refractivity contribution is 0.122. The molecule has 2 aliphatic rings. The number of piperazine rings is 1. The van der Waals surface area contributed by atoms with Crippen LogP contribution in [0, 0.1) is 6.92 Å². The number of nitrogens with two attached hydrogens (primary N) is 1. The predicted octanol–water partition coefficient (Wildman–Crippen LogP) is 2.24. The first-order chi connectivity index (χ1) is 16.0. The maximum atomic E-state index is 6.20. The molecule has 0 saturated carbocycles. The van der Waals surface area contributed by atoms with Crippen molar-refractivity contribution in [2.45, 2.75) is 13.5 Å². The molecule has 0 aromatic carbocycles. The van der Waals surface area contributed by atoms with Crippen molar-refractivity contribution in [2.75, 3.05) is 77.3 Å². The molecule has 3 aromatic heterocycles. The fourth-order valence-corrected chi connectivity index (χ4v) is 5.52. The number of morpholine rings is 1. The van der Waals surface area contributed by atoms with Crippen LogP contribution in [0.4, 0.5) is 11.6 Å². The van der Waals surface area contributed by atoms with Gasteiger partial charge in [-0.15, -0.1) is 11.3 Å². The molecular weight excluding hydrogens is 438 g/mol. The van der Waals surface area contributed by atoms with Crippen LogP contribution in [-0.4, -0.2) is 91.4 Å². The van der Waals surface area contributed by atoms with Crippen LogP contribution in [-0.2, 0) is 11.3 Å². The van der Waals surface area contributed by atoms with Crippen molar-refractivity contribution in [3.8, 4) is 17.1 Å². The Kier molecular flexibility index (Phi) is 6.33. The van der Waals surface area contributed by atoms with Gasteiger partial charge in [-0.25, -0.2) is 15.0 Å². The molecule has 2 aliphatic heterocycles. The highest BCUT2D eigenvalue weighted by Crippen LogP contribution is 2.39. The second kappa shape index (κ2) is 9.38. The van der Waals surface area contributed by atoms with Crippen LogP contribution >= 0.6 is 11.3 Å². The molecule has 176 valence electrons. The molecule has 0 amide bonds.